The highest BCUT2D eigenvalue weighted by atomic mass is 16.5. The Kier molecular flexibility index (Phi) is 5.29. The van der Waals surface area contributed by atoms with Crippen molar-refractivity contribution in [2.45, 2.75) is 32.4 Å². The molecule has 0 aliphatic carbocycles. The van der Waals surface area contributed by atoms with Gasteiger partial charge < -0.3 is 10.1 Å². The lowest BCUT2D eigenvalue weighted by molar-refractivity contribution is 0.159. The Hall–Kier alpha value is -0.930. The Morgan fingerprint density at radius 3 is 2.87 bits per heavy atom. The molecule has 1 aromatic rings. The minimum atomic E-state index is 0.318. The van der Waals surface area contributed by atoms with Gasteiger partial charge in [0.05, 0.1) is 6.61 Å². The molecule has 0 aromatic carbocycles. The highest BCUT2D eigenvalue weighted by Crippen LogP contribution is 2.11. The van der Waals surface area contributed by atoms with Gasteiger partial charge >= 0.3 is 0 Å². The van der Waals surface area contributed by atoms with Gasteiger partial charge in [0.2, 0.25) is 0 Å². The Balaban J connectivity index is 2.50. The van der Waals surface area contributed by atoms with E-state index in [0.717, 1.165) is 13.0 Å². The zero-order valence-electron chi connectivity index (χ0n) is 9.73. The first-order valence-corrected chi connectivity index (χ1v) is 5.42. The second-order valence-corrected chi connectivity index (χ2v) is 3.74. The number of nitrogens with one attached hydrogen (secondary N) is 1. The van der Waals surface area contributed by atoms with Gasteiger partial charge in [0, 0.05) is 31.6 Å². The maximum Gasteiger partial charge on any atom is 0.0615 e. The fourth-order valence-corrected chi connectivity index (χ4v) is 1.57. The summed E-state index contributed by atoms with van der Waals surface area (Å²) >= 11 is 0. The van der Waals surface area contributed by atoms with Crippen LogP contribution in [0.4, 0.5) is 0 Å². The van der Waals surface area contributed by atoms with E-state index in [4.69, 9.17) is 4.74 Å². The third-order valence-corrected chi connectivity index (χ3v) is 2.53. The van der Waals surface area contributed by atoms with Gasteiger partial charge in [0.15, 0.2) is 0 Å². The largest absolute Gasteiger partial charge is 0.383 e. The number of rotatable bonds is 6. The maximum absolute atomic E-state index is 5.15. The van der Waals surface area contributed by atoms with E-state index in [1.165, 1.54) is 5.56 Å². The summed E-state index contributed by atoms with van der Waals surface area (Å²) in [4.78, 5) is 4.11. The summed E-state index contributed by atoms with van der Waals surface area (Å²) in [6.45, 7) is 5.06. The van der Waals surface area contributed by atoms with Crippen LogP contribution in [0.1, 0.15) is 31.9 Å². The number of hydrogen-bond donors (Lipinski definition) is 1. The molecule has 2 atom stereocenters. The van der Waals surface area contributed by atoms with Crippen molar-refractivity contribution in [3.05, 3.63) is 30.1 Å². The predicted molar refractivity (Wildman–Crippen MR) is 61.7 cm³/mol. The third kappa shape index (κ3) is 3.98. The van der Waals surface area contributed by atoms with E-state index in [1.807, 2.05) is 12.3 Å². The molecule has 15 heavy (non-hydrogen) atoms. The SMILES string of the molecule is CCC(COC)N[C@H](C)c1cccnc1. The molecule has 1 unspecified atom stereocenters. The number of ether oxygens (including phenoxy) is 1. The fraction of sp³-hybridized carbons (Fsp3) is 0.583. The molecule has 0 saturated carbocycles. The highest BCUT2D eigenvalue weighted by molar-refractivity contribution is 5.12. The Labute approximate surface area is 91.9 Å². The number of methoxy groups -OCH3 is 1. The van der Waals surface area contributed by atoms with Gasteiger partial charge in [-0.05, 0) is 25.0 Å². The first-order valence-electron chi connectivity index (χ1n) is 5.42. The molecule has 0 saturated heterocycles. The summed E-state index contributed by atoms with van der Waals surface area (Å²) in [7, 11) is 1.74. The summed E-state index contributed by atoms with van der Waals surface area (Å²) in [5.41, 5.74) is 1.21. The number of nitrogens with zero attached hydrogens (tertiary/aromatic N) is 1. The maximum atomic E-state index is 5.15. The van der Waals surface area contributed by atoms with Crippen molar-refractivity contribution >= 4 is 0 Å². The normalized spacial score (nSPS) is 14.9. The summed E-state index contributed by atoms with van der Waals surface area (Å²) < 4.78 is 5.15. The zero-order chi connectivity index (χ0) is 11.1. The molecule has 3 heteroatoms. The molecule has 0 spiro atoms. The van der Waals surface area contributed by atoms with Crippen molar-refractivity contribution in [2.75, 3.05) is 13.7 Å². The number of hydrogen-bond acceptors (Lipinski definition) is 3. The van der Waals surface area contributed by atoms with Crippen molar-refractivity contribution in [3.8, 4) is 0 Å². The first-order chi connectivity index (χ1) is 7.27. The summed E-state index contributed by atoms with van der Waals surface area (Å²) in [5, 5.41) is 3.52. The van der Waals surface area contributed by atoms with Crippen LogP contribution in [0.5, 0.6) is 0 Å². The van der Waals surface area contributed by atoms with Crippen LogP contribution in [-0.4, -0.2) is 24.7 Å². The molecule has 1 aromatic heterocycles. The van der Waals surface area contributed by atoms with E-state index in [2.05, 4.69) is 30.2 Å². The predicted octanol–water partition coefficient (Wildman–Crippen LogP) is 2.16. The quantitative estimate of drug-likeness (QED) is 0.778. The Bertz CT molecular complexity index is 264. The molecule has 0 amide bonds. The smallest absolute Gasteiger partial charge is 0.0615 e. The van der Waals surface area contributed by atoms with E-state index >= 15 is 0 Å². The van der Waals surface area contributed by atoms with Crippen molar-refractivity contribution in [2.24, 2.45) is 0 Å². The first kappa shape index (κ1) is 12.1. The van der Waals surface area contributed by atoms with Crippen molar-refractivity contribution in [1.29, 1.82) is 0 Å². The minimum Gasteiger partial charge on any atom is -0.383 e. The van der Waals surface area contributed by atoms with Crippen LogP contribution in [0.15, 0.2) is 24.5 Å². The molecule has 0 radical (unpaired) electrons. The van der Waals surface area contributed by atoms with Crippen LogP contribution in [0.25, 0.3) is 0 Å². The summed E-state index contributed by atoms with van der Waals surface area (Å²) in [6, 6.07) is 4.78. The molecule has 1 N–H and O–H groups in total. The molecule has 3 nitrogen and oxygen atoms in total. The summed E-state index contributed by atoms with van der Waals surface area (Å²) in [6.07, 6.45) is 4.76. The van der Waals surface area contributed by atoms with E-state index < -0.39 is 0 Å². The minimum absolute atomic E-state index is 0.318. The Morgan fingerprint density at radius 2 is 2.33 bits per heavy atom. The molecule has 1 rings (SSSR count). The van der Waals surface area contributed by atoms with Gasteiger partial charge in [-0.15, -0.1) is 0 Å². The fourth-order valence-electron chi connectivity index (χ4n) is 1.57. The third-order valence-electron chi connectivity index (χ3n) is 2.53. The van der Waals surface area contributed by atoms with Crippen LogP contribution >= 0.6 is 0 Å². The van der Waals surface area contributed by atoms with Gasteiger partial charge in [-0.2, -0.15) is 0 Å². The monoisotopic (exact) mass is 208 g/mol. The molecule has 0 aliphatic rings. The number of aromatic nitrogens is 1. The van der Waals surface area contributed by atoms with Crippen LogP contribution in [0.3, 0.4) is 0 Å². The van der Waals surface area contributed by atoms with E-state index in [0.29, 0.717) is 12.1 Å². The lowest BCUT2D eigenvalue weighted by Crippen LogP contribution is -2.34. The zero-order valence-corrected chi connectivity index (χ0v) is 9.73. The van der Waals surface area contributed by atoms with Crippen LogP contribution in [0, 0.1) is 0 Å². The lowest BCUT2D eigenvalue weighted by Gasteiger charge is -2.21. The number of pyridine rings is 1. The van der Waals surface area contributed by atoms with Gasteiger partial charge in [-0.3, -0.25) is 4.98 Å². The second kappa shape index (κ2) is 6.53. The molecule has 0 bridgehead atoms. The van der Waals surface area contributed by atoms with Gasteiger partial charge in [-0.1, -0.05) is 13.0 Å². The molecule has 0 fully saturated rings. The van der Waals surface area contributed by atoms with E-state index in [9.17, 15) is 0 Å². The average molecular weight is 208 g/mol. The van der Waals surface area contributed by atoms with Crippen LogP contribution in [-0.2, 0) is 4.74 Å². The van der Waals surface area contributed by atoms with E-state index in [1.54, 1.807) is 13.3 Å². The van der Waals surface area contributed by atoms with E-state index in [-0.39, 0.29) is 0 Å². The highest BCUT2D eigenvalue weighted by Gasteiger charge is 2.11. The van der Waals surface area contributed by atoms with Crippen molar-refractivity contribution < 1.29 is 4.74 Å². The molecular formula is C12H20N2O. The average Bonchev–Trinajstić information content (AvgIpc) is 2.29. The van der Waals surface area contributed by atoms with Crippen molar-refractivity contribution in [3.63, 3.8) is 0 Å². The van der Waals surface area contributed by atoms with Gasteiger partial charge in [0.1, 0.15) is 0 Å². The standard InChI is InChI=1S/C12H20N2O/c1-4-12(9-15-3)14-10(2)11-6-5-7-13-8-11/h5-8,10,12,14H,4,9H2,1-3H3/t10-,12?/m1/s1. The second-order valence-electron chi connectivity index (χ2n) is 3.74. The Morgan fingerprint density at radius 1 is 1.53 bits per heavy atom. The van der Waals surface area contributed by atoms with Gasteiger partial charge in [0.25, 0.3) is 0 Å². The van der Waals surface area contributed by atoms with Crippen molar-refractivity contribution in [1.82, 2.24) is 10.3 Å². The molecule has 0 aliphatic heterocycles. The molecular weight excluding hydrogens is 188 g/mol. The molecule has 1 heterocycles. The summed E-state index contributed by atoms with van der Waals surface area (Å²) in [5.74, 6) is 0. The van der Waals surface area contributed by atoms with Crippen LogP contribution < -0.4 is 5.32 Å². The van der Waals surface area contributed by atoms with Gasteiger partial charge in [-0.25, -0.2) is 0 Å². The van der Waals surface area contributed by atoms with Crippen LogP contribution in [0.2, 0.25) is 0 Å². The lowest BCUT2D eigenvalue weighted by atomic mass is 10.1. The molecule has 84 valence electrons. The topological polar surface area (TPSA) is 34.1 Å².